The second kappa shape index (κ2) is 11.8. The molecule has 8 heteroatoms. The highest BCUT2D eigenvalue weighted by Gasteiger charge is 2.19. The molecule has 6 nitrogen and oxygen atoms in total. The molecule has 0 bridgehead atoms. The van der Waals surface area contributed by atoms with Gasteiger partial charge in [0.2, 0.25) is 10.0 Å². The SMILES string of the molecule is CCCNCCNC(=O)c1cccc(S(=O)(=O)NC(C)c2ccccc2)c1.Cl. The van der Waals surface area contributed by atoms with Crippen LogP contribution in [0.1, 0.15) is 42.2 Å². The van der Waals surface area contributed by atoms with E-state index < -0.39 is 10.0 Å². The molecule has 0 radical (unpaired) electrons. The Kier molecular flexibility index (Phi) is 10.2. The van der Waals surface area contributed by atoms with Gasteiger partial charge < -0.3 is 10.6 Å². The van der Waals surface area contributed by atoms with Crippen molar-refractivity contribution < 1.29 is 13.2 Å². The van der Waals surface area contributed by atoms with E-state index in [1.807, 2.05) is 30.3 Å². The van der Waals surface area contributed by atoms with Gasteiger partial charge in [0.25, 0.3) is 5.91 Å². The topological polar surface area (TPSA) is 87.3 Å². The van der Waals surface area contributed by atoms with Crippen LogP contribution in [-0.4, -0.2) is 34.0 Å². The van der Waals surface area contributed by atoms with Crippen LogP contribution in [0.4, 0.5) is 0 Å². The smallest absolute Gasteiger partial charge is 0.251 e. The minimum atomic E-state index is -3.74. The summed E-state index contributed by atoms with van der Waals surface area (Å²) in [5, 5.41) is 5.98. The summed E-state index contributed by atoms with van der Waals surface area (Å²) in [6.07, 6.45) is 1.03. The van der Waals surface area contributed by atoms with Crippen LogP contribution in [-0.2, 0) is 10.0 Å². The van der Waals surface area contributed by atoms with Crippen LogP contribution < -0.4 is 15.4 Å². The summed E-state index contributed by atoms with van der Waals surface area (Å²) in [7, 11) is -3.74. The zero-order valence-corrected chi connectivity index (χ0v) is 17.8. The molecule has 0 spiro atoms. The fraction of sp³-hybridized carbons (Fsp3) is 0.350. The second-order valence-corrected chi connectivity index (χ2v) is 8.00. The zero-order valence-electron chi connectivity index (χ0n) is 16.1. The average molecular weight is 426 g/mol. The summed E-state index contributed by atoms with van der Waals surface area (Å²) in [6.45, 7) is 5.92. The van der Waals surface area contributed by atoms with Gasteiger partial charge in [-0.05, 0) is 43.7 Å². The highest BCUT2D eigenvalue weighted by atomic mass is 35.5. The summed E-state index contributed by atoms with van der Waals surface area (Å²) in [4.78, 5) is 12.3. The fourth-order valence-corrected chi connectivity index (χ4v) is 3.86. The molecule has 2 aromatic rings. The Morgan fingerprint density at radius 3 is 2.39 bits per heavy atom. The van der Waals surface area contributed by atoms with Gasteiger partial charge in [-0.2, -0.15) is 0 Å². The molecule has 2 aromatic carbocycles. The molecule has 1 amide bonds. The predicted octanol–water partition coefficient (Wildman–Crippen LogP) is 2.88. The summed E-state index contributed by atoms with van der Waals surface area (Å²) in [5.74, 6) is -0.290. The van der Waals surface area contributed by atoms with Crippen molar-refractivity contribution in [2.45, 2.75) is 31.2 Å². The number of sulfonamides is 1. The third-order valence-corrected chi connectivity index (χ3v) is 5.59. The molecule has 2 rings (SSSR count). The van der Waals surface area contributed by atoms with Crippen molar-refractivity contribution in [1.82, 2.24) is 15.4 Å². The lowest BCUT2D eigenvalue weighted by molar-refractivity contribution is 0.0953. The Balaban J connectivity index is 0.00000392. The lowest BCUT2D eigenvalue weighted by Crippen LogP contribution is -2.32. The molecular weight excluding hydrogens is 398 g/mol. The predicted molar refractivity (Wildman–Crippen MR) is 114 cm³/mol. The second-order valence-electron chi connectivity index (χ2n) is 6.29. The monoisotopic (exact) mass is 425 g/mol. The van der Waals surface area contributed by atoms with Crippen molar-refractivity contribution in [2.75, 3.05) is 19.6 Å². The van der Waals surface area contributed by atoms with E-state index in [4.69, 9.17) is 0 Å². The first-order valence-electron chi connectivity index (χ1n) is 9.10. The molecular formula is C20H28ClN3O3S. The first kappa shape index (κ1) is 24.1. The molecule has 0 saturated heterocycles. The summed E-state index contributed by atoms with van der Waals surface area (Å²) in [6, 6.07) is 15.0. The standard InChI is InChI=1S/C20H27N3O3S.ClH/c1-3-12-21-13-14-22-20(24)18-10-7-11-19(15-18)27(25,26)23-16(2)17-8-5-4-6-9-17;/h4-11,15-16,21,23H,3,12-14H2,1-2H3,(H,22,24);1H. The first-order valence-corrected chi connectivity index (χ1v) is 10.6. The number of rotatable bonds is 10. The van der Waals surface area contributed by atoms with E-state index in [0.29, 0.717) is 18.7 Å². The van der Waals surface area contributed by atoms with Gasteiger partial charge in [0.1, 0.15) is 0 Å². The lowest BCUT2D eigenvalue weighted by Gasteiger charge is -2.15. The van der Waals surface area contributed by atoms with Gasteiger partial charge in [-0.25, -0.2) is 13.1 Å². The molecule has 0 aliphatic rings. The van der Waals surface area contributed by atoms with Crippen LogP contribution in [0.15, 0.2) is 59.5 Å². The number of nitrogens with one attached hydrogen (secondary N) is 3. The van der Waals surface area contributed by atoms with Crippen LogP contribution in [0.5, 0.6) is 0 Å². The molecule has 0 saturated carbocycles. The average Bonchev–Trinajstić information content (AvgIpc) is 2.68. The van der Waals surface area contributed by atoms with Gasteiger partial charge in [-0.3, -0.25) is 4.79 Å². The van der Waals surface area contributed by atoms with Gasteiger partial charge in [0, 0.05) is 24.7 Å². The van der Waals surface area contributed by atoms with E-state index in [1.165, 1.54) is 12.1 Å². The van der Waals surface area contributed by atoms with Crippen molar-refractivity contribution in [2.24, 2.45) is 0 Å². The van der Waals surface area contributed by atoms with Crippen LogP contribution in [0.2, 0.25) is 0 Å². The van der Waals surface area contributed by atoms with Gasteiger partial charge in [0.05, 0.1) is 4.90 Å². The highest BCUT2D eigenvalue weighted by Crippen LogP contribution is 2.17. The largest absolute Gasteiger partial charge is 0.351 e. The van der Waals surface area contributed by atoms with E-state index in [0.717, 1.165) is 18.5 Å². The molecule has 28 heavy (non-hydrogen) atoms. The Hall–Kier alpha value is -1.93. The van der Waals surface area contributed by atoms with Gasteiger partial charge in [-0.15, -0.1) is 12.4 Å². The highest BCUT2D eigenvalue weighted by molar-refractivity contribution is 7.89. The number of amides is 1. The third kappa shape index (κ3) is 7.24. The summed E-state index contributed by atoms with van der Waals surface area (Å²) >= 11 is 0. The number of carbonyl (C=O) groups excluding carboxylic acids is 1. The number of carbonyl (C=O) groups is 1. The zero-order chi connectivity index (χ0) is 19.7. The van der Waals surface area contributed by atoms with E-state index in [-0.39, 0.29) is 29.3 Å². The number of hydrogen-bond acceptors (Lipinski definition) is 4. The van der Waals surface area contributed by atoms with Crippen molar-refractivity contribution in [3.63, 3.8) is 0 Å². The van der Waals surface area contributed by atoms with E-state index in [2.05, 4.69) is 22.3 Å². The van der Waals surface area contributed by atoms with Crippen LogP contribution in [0.3, 0.4) is 0 Å². The molecule has 0 aliphatic carbocycles. The van der Waals surface area contributed by atoms with E-state index >= 15 is 0 Å². The molecule has 3 N–H and O–H groups in total. The van der Waals surface area contributed by atoms with E-state index in [9.17, 15) is 13.2 Å². The van der Waals surface area contributed by atoms with Gasteiger partial charge in [-0.1, -0.05) is 43.3 Å². The number of benzene rings is 2. The number of halogens is 1. The normalized spacial score (nSPS) is 12.1. The molecule has 0 fully saturated rings. The Morgan fingerprint density at radius 1 is 1.00 bits per heavy atom. The maximum absolute atomic E-state index is 12.7. The molecule has 0 heterocycles. The van der Waals surface area contributed by atoms with Crippen LogP contribution in [0.25, 0.3) is 0 Å². The van der Waals surface area contributed by atoms with Gasteiger partial charge in [0.15, 0.2) is 0 Å². The van der Waals surface area contributed by atoms with E-state index in [1.54, 1.807) is 19.1 Å². The van der Waals surface area contributed by atoms with Crippen LogP contribution >= 0.6 is 12.4 Å². The molecule has 1 unspecified atom stereocenters. The molecule has 0 aromatic heterocycles. The lowest BCUT2D eigenvalue weighted by atomic mass is 10.1. The Labute approximate surface area is 173 Å². The fourth-order valence-electron chi connectivity index (χ4n) is 2.58. The van der Waals surface area contributed by atoms with Crippen molar-refractivity contribution in [3.8, 4) is 0 Å². The maximum atomic E-state index is 12.7. The van der Waals surface area contributed by atoms with Crippen molar-refractivity contribution in [3.05, 3.63) is 65.7 Å². The van der Waals surface area contributed by atoms with Crippen molar-refractivity contribution in [1.29, 1.82) is 0 Å². The molecule has 1 atom stereocenters. The number of hydrogen-bond donors (Lipinski definition) is 3. The minimum absolute atomic E-state index is 0. The van der Waals surface area contributed by atoms with Gasteiger partial charge >= 0.3 is 0 Å². The Bertz CT molecular complexity index is 845. The molecule has 154 valence electrons. The van der Waals surface area contributed by atoms with Crippen molar-refractivity contribution >= 4 is 28.3 Å². The third-order valence-electron chi connectivity index (χ3n) is 4.05. The van der Waals surface area contributed by atoms with Crippen LogP contribution in [0, 0.1) is 0 Å². The summed E-state index contributed by atoms with van der Waals surface area (Å²) < 4.78 is 28.0. The Morgan fingerprint density at radius 2 is 1.71 bits per heavy atom. The quantitative estimate of drug-likeness (QED) is 0.511. The maximum Gasteiger partial charge on any atom is 0.251 e. The molecule has 0 aliphatic heterocycles. The first-order chi connectivity index (χ1) is 12.9. The summed E-state index contributed by atoms with van der Waals surface area (Å²) in [5.41, 5.74) is 1.19. The minimum Gasteiger partial charge on any atom is -0.351 e.